The van der Waals surface area contributed by atoms with E-state index in [2.05, 4.69) is 0 Å². The van der Waals surface area contributed by atoms with E-state index in [1.165, 1.54) is 6.08 Å². The van der Waals surface area contributed by atoms with Crippen molar-refractivity contribution in [3.63, 3.8) is 0 Å². The van der Waals surface area contributed by atoms with Crippen LogP contribution in [0, 0.1) is 28.6 Å². The molecule has 0 aromatic rings. The van der Waals surface area contributed by atoms with Gasteiger partial charge in [-0.3, -0.25) is 9.59 Å². The van der Waals surface area contributed by atoms with Gasteiger partial charge in [0.2, 0.25) is 17.8 Å². The number of ketones is 2. The molecular formula is C25H33FO6. The Morgan fingerprint density at radius 2 is 1.97 bits per heavy atom. The Morgan fingerprint density at radius 3 is 2.66 bits per heavy atom. The molecule has 0 aromatic heterocycles. The number of ether oxygens (including phenoxy) is 2. The molecule has 0 amide bonds. The van der Waals surface area contributed by atoms with Crippen LogP contribution in [0.5, 0.6) is 0 Å². The lowest BCUT2D eigenvalue weighted by atomic mass is 9.44. The molecule has 5 aliphatic rings. The maximum Gasteiger partial charge on any atom is 0.241 e. The molecule has 0 radical (unpaired) electrons. The van der Waals surface area contributed by atoms with E-state index in [0.717, 1.165) is 6.42 Å². The van der Waals surface area contributed by atoms with E-state index < -0.39 is 41.4 Å². The fourth-order valence-electron chi connectivity index (χ4n) is 7.91. The van der Waals surface area contributed by atoms with Crippen molar-refractivity contribution < 1.29 is 33.7 Å². The molecule has 0 saturated heterocycles. The van der Waals surface area contributed by atoms with Crippen molar-refractivity contribution in [1.29, 1.82) is 0 Å². The van der Waals surface area contributed by atoms with Crippen LogP contribution in [-0.2, 0) is 19.1 Å². The number of fused-ring (bicyclic) bond motifs is 6. The Kier molecular flexibility index (Phi) is 4.92. The summed E-state index contributed by atoms with van der Waals surface area (Å²) in [7, 11) is 0. The van der Waals surface area contributed by atoms with Gasteiger partial charge in [0.05, 0.1) is 11.5 Å². The van der Waals surface area contributed by atoms with Crippen LogP contribution in [0.4, 0.5) is 4.39 Å². The molecular weight excluding hydrogens is 415 g/mol. The summed E-state index contributed by atoms with van der Waals surface area (Å²) in [6.07, 6.45) is 3.39. The Labute approximate surface area is 187 Å². The fraction of sp³-hybridized carbons (Fsp3) is 0.760. The summed E-state index contributed by atoms with van der Waals surface area (Å²) in [5, 5.41) is 20.9. The number of hydrogen-bond acceptors (Lipinski definition) is 6. The predicted octanol–water partition coefficient (Wildman–Crippen LogP) is 3.36. The Balaban J connectivity index is 1.59. The lowest BCUT2D eigenvalue weighted by molar-refractivity contribution is -0.207. The lowest BCUT2D eigenvalue weighted by Gasteiger charge is -2.62. The van der Waals surface area contributed by atoms with Crippen LogP contribution in [0.25, 0.3) is 0 Å². The summed E-state index contributed by atoms with van der Waals surface area (Å²) < 4.78 is 29.4. The van der Waals surface area contributed by atoms with E-state index in [9.17, 15) is 19.8 Å². The van der Waals surface area contributed by atoms with E-state index in [0.29, 0.717) is 37.7 Å². The van der Waals surface area contributed by atoms with Crippen molar-refractivity contribution in [3.8, 4) is 0 Å². The normalized spacial score (nSPS) is 47.0. The van der Waals surface area contributed by atoms with Gasteiger partial charge in [0, 0.05) is 18.3 Å². The van der Waals surface area contributed by atoms with Crippen molar-refractivity contribution in [2.24, 2.45) is 28.6 Å². The van der Waals surface area contributed by atoms with Crippen molar-refractivity contribution in [2.45, 2.75) is 83.8 Å². The quantitative estimate of drug-likeness (QED) is 0.685. The second kappa shape index (κ2) is 7.13. The third-order valence-corrected chi connectivity index (χ3v) is 9.44. The fourth-order valence-corrected chi connectivity index (χ4v) is 7.91. The first-order valence-electron chi connectivity index (χ1n) is 12.0. The molecule has 5 rings (SSSR count). The van der Waals surface area contributed by atoms with Crippen molar-refractivity contribution in [2.75, 3.05) is 6.61 Å². The first-order valence-corrected chi connectivity index (χ1v) is 12.0. The second-order valence-corrected chi connectivity index (χ2v) is 10.8. The summed E-state index contributed by atoms with van der Waals surface area (Å²) >= 11 is 0. The molecule has 3 fully saturated rings. The number of rotatable bonds is 4. The minimum atomic E-state index is -2.04. The number of aliphatic hydroxyl groups is 2. The van der Waals surface area contributed by atoms with Gasteiger partial charge in [-0.1, -0.05) is 13.8 Å². The van der Waals surface area contributed by atoms with E-state index in [1.807, 2.05) is 13.8 Å². The minimum Gasteiger partial charge on any atom is -0.454 e. The van der Waals surface area contributed by atoms with Gasteiger partial charge in [-0.25, -0.2) is 4.39 Å². The van der Waals surface area contributed by atoms with Gasteiger partial charge >= 0.3 is 0 Å². The van der Waals surface area contributed by atoms with Crippen LogP contribution >= 0.6 is 0 Å². The van der Waals surface area contributed by atoms with Crippen molar-refractivity contribution in [3.05, 3.63) is 23.2 Å². The number of allylic oxidation sites excluding steroid dienone is 2. The third-order valence-electron chi connectivity index (χ3n) is 9.44. The second-order valence-electron chi connectivity index (χ2n) is 10.8. The number of aliphatic hydroxyl groups excluding tert-OH is 2. The molecule has 1 aliphatic heterocycles. The highest BCUT2D eigenvalue weighted by molar-refractivity contribution is 6.05. The van der Waals surface area contributed by atoms with Gasteiger partial charge in [0.25, 0.3) is 0 Å². The summed E-state index contributed by atoms with van der Waals surface area (Å²) in [5.74, 6) is -1.15. The highest BCUT2D eigenvalue weighted by atomic mass is 19.1. The summed E-state index contributed by atoms with van der Waals surface area (Å²) in [6.45, 7) is 5.18. The highest BCUT2D eigenvalue weighted by Crippen LogP contribution is 2.71. The zero-order valence-corrected chi connectivity index (χ0v) is 19.0. The maximum absolute atomic E-state index is 17.5. The summed E-state index contributed by atoms with van der Waals surface area (Å²) in [6, 6.07) is 0. The third kappa shape index (κ3) is 2.52. The molecule has 2 unspecified atom stereocenters. The molecule has 3 saturated carbocycles. The minimum absolute atomic E-state index is 0.0765. The number of Topliss-reactive ketones (excluding diaryl/α,β-unsaturated/α-hetero) is 1. The molecule has 7 heteroatoms. The van der Waals surface area contributed by atoms with Gasteiger partial charge in [0.15, 0.2) is 17.2 Å². The molecule has 4 aliphatic carbocycles. The zero-order valence-electron chi connectivity index (χ0n) is 19.0. The number of halogens is 1. The number of carbonyl (C=O) groups is 2. The first kappa shape index (κ1) is 22.1. The molecule has 1 heterocycles. The molecule has 2 N–H and O–H groups in total. The van der Waals surface area contributed by atoms with Crippen molar-refractivity contribution >= 4 is 11.6 Å². The summed E-state index contributed by atoms with van der Waals surface area (Å²) in [4.78, 5) is 25.2. The Hall–Kier alpha value is -1.73. The standard InChI is InChI=1S/C25H33FO6/c1-4-5-20-31-21-17(28)10-13-6-7-15-14-8-9-16(18(29)12-27)23(14,2)11-19(30)25(15,26)24(13,3)22(21)32-20/h10,14-16,19-20,27,30H,4-9,11-12H2,1-3H3/t14-,15-,16-,19?,20?,23-,24+,25-/m0/s1. The SMILES string of the molecule is CCCC1OC2=C(O1)[C@@]1(C)C(=CC2=O)CC[C@H]2[C@@H]3CC[C@@H](C(=O)CO)[C@@]3(C)CC(O)[C@@]21F. The Bertz CT molecular complexity index is 925. The Morgan fingerprint density at radius 1 is 1.22 bits per heavy atom. The van der Waals surface area contributed by atoms with Gasteiger partial charge in [0.1, 0.15) is 6.61 Å². The van der Waals surface area contributed by atoms with Gasteiger partial charge in [-0.05, 0) is 68.4 Å². The van der Waals surface area contributed by atoms with Crippen LogP contribution in [0.2, 0.25) is 0 Å². The first-order chi connectivity index (χ1) is 15.1. The van der Waals surface area contributed by atoms with Crippen molar-refractivity contribution in [1.82, 2.24) is 0 Å². The van der Waals surface area contributed by atoms with Crippen LogP contribution < -0.4 is 0 Å². The maximum atomic E-state index is 17.5. The number of alkyl halides is 1. The van der Waals surface area contributed by atoms with Crippen LogP contribution in [0.3, 0.4) is 0 Å². The highest BCUT2D eigenvalue weighted by Gasteiger charge is 2.74. The lowest BCUT2D eigenvalue weighted by Crippen LogP contribution is -2.68. The zero-order chi connectivity index (χ0) is 23.1. The van der Waals surface area contributed by atoms with E-state index in [1.54, 1.807) is 6.92 Å². The van der Waals surface area contributed by atoms with Gasteiger partial charge in [-0.2, -0.15) is 0 Å². The molecule has 0 spiro atoms. The molecule has 8 atom stereocenters. The average Bonchev–Trinajstić information content (AvgIpc) is 3.32. The molecule has 6 nitrogen and oxygen atoms in total. The number of hydrogen-bond donors (Lipinski definition) is 2. The molecule has 176 valence electrons. The van der Waals surface area contributed by atoms with E-state index in [-0.39, 0.29) is 41.3 Å². The number of carbonyl (C=O) groups excluding carboxylic acids is 2. The van der Waals surface area contributed by atoms with E-state index >= 15 is 4.39 Å². The summed E-state index contributed by atoms with van der Waals surface area (Å²) in [5.41, 5.74) is -3.23. The average molecular weight is 449 g/mol. The monoisotopic (exact) mass is 448 g/mol. The van der Waals surface area contributed by atoms with Crippen LogP contribution in [-0.4, -0.2) is 46.4 Å². The molecule has 0 bridgehead atoms. The molecule has 0 aromatic carbocycles. The predicted molar refractivity (Wildman–Crippen MR) is 113 cm³/mol. The smallest absolute Gasteiger partial charge is 0.241 e. The van der Waals surface area contributed by atoms with E-state index in [4.69, 9.17) is 9.47 Å². The van der Waals surface area contributed by atoms with Gasteiger partial charge in [-0.15, -0.1) is 0 Å². The van der Waals surface area contributed by atoms with Crippen LogP contribution in [0.1, 0.15) is 65.7 Å². The topological polar surface area (TPSA) is 93.1 Å². The largest absolute Gasteiger partial charge is 0.454 e. The molecule has 32 heavy (non-hydrogen) atoms. The van der Waals surface area contributed by atoms with Gasteiger partial charge < -0.3 is 19.7 Å². The van der Waals surface area contributed by atoms with Crippen LogP contribution in [0.15, 0.2) is 23.2 Å².